The molecule has 1 rings (SSSR count). The minimum Gasteiger partial charge on any atom is -0.269 e. The highest BCUT2D eigenvalue weighted by atomic mass is 15.4. The molecule has 1 aromatic rings. The molecule has 0 amide bonds. The smallest absolute Gasteiger partial charge is 0.0669 e. The minimum atomic E-state index is 0.802. The van der Waals surface area contributed by atoms with Crippen LogP contribution >= 0.6 is 0 Å². The molecule has 0 N–H and O–H groups in total. The van der Waals surface area contributed by atoms with E-state index in [0.29, 0.717) is 0 Å². The predicted octanol–water partition coefficient (Wildman–Crippen LogP) is 4.33. The Labute approximate surface area is 123 Å². The highest BCUT2D eigenvalue weighted by Crippen LogP contribution is 2.08. The van der Waals surface area contributed by atoms with Crippen LogP contribution in [0.4, 0.5) is 0 Å². The molecule has 3 nitrogen and oxygen atoms in total. The SMILES string of the molecule is C=C/C=C\C(=C)N(C)/N=C(\C)c1cccnc1C.CC. The molecule has 0 aromatic carbocycles. The highest BCUT2D eigenvalue weighted by Gasteiger charge is 2.04. The first-order valence-corrected chi connectivity index (χ1v) is 6.75. The summed E-state index contributed by atoms with van der Waals surface area (Å²) in [6.07, 6.45) is 7.18. The number of likely N-dealkylation sites (N-methyl/N-ethyl adjacent to an activating group) is 1. The molecule has 0 spiro atoms. The van der Waals surface area contributed by atoms with Crippen LogP contribution in [-0.2, 0) is 0 Å². The summed E-state index contributed by atoms with van der Waals surface area (Å²) in [5.41, 5.74) is 3.73. The second kappa shape index (κ2) is 9.73. The van der Waals surface area contributed by atoms with E-state index in [0.717, 1.165) is 22.7 Å². The second-order valence-electron chi connectivity index (χ2n) is 3.93. The lowest BCUT2D eigenvalue weighted by Gasteiger charge is -2.15. The third-order valence-electron chi connectivity index (χ3n) is 2.54. The van der Waals surface area contributed by atoms with Gasteiger partial charge >= 0.3 is 0 Å². The van der Waals surface area contributed by atoms with Crippen molar-refractivity contribution in [1.82, 2.24) is 9.99 Å². The molecule has 0 unspecified atom stereocenters. The van der Waals surface area contributed by atoms with Crippen molar-refractivity contribution >= 4 is 5.71 Å². The summed E-state index contributed by atoms with van der Waals surface area (Å²) < 4.78 is 0. The number of aromatic nitrogens is 1. The first kappa shape index (κ1) is 17.8. The van der Waals surface area contributed by atoms with Crippen LogP contribution in [0.5, 0.6) is 0 Å². The molecule has 0 fully saturated rings. The maximum atomic E-state index is 4.49. The maximum absolute atomic E-state index is 4.49. The lowest BCUT2D eigenvalue weighted by atomic mass is 10.1. The van der Waals surface area contributed by atoms with Crippen LogP contribution in [-0.4, -0.2) is 22.8 Å². The van der Waals surface area contributed by atoms with Gasteiger partial charge in [0.25, 0.3) is 0 Å². The van der Waals surface area contributed by atoms with Crippen molar-refractivity contribution < 1.29 is 0 Å². The Kier molecular flexibility index (Phi) is 8.68. The topological polar surface area (TPSA) is 28.5 Å². The number of allylic oxidation sites excluding steroid dienone is 3. The Balaban J connectivity index is 0.00000172. The van der Waals surface area contributed by atoms with E-state index in [1.165, 1.54) is 0 Å². The van der Waals surface area contributed by atoms with Crippen LogP contribution in [0.2, 0.25) is 0 Å². The Bertz CT molecular complexity index is 499. The van der Waals surface area contributed by atoms with Gasteiger partial charge in [0.2, 0.25) is 0 Å². The lowest BCUT2D eigenvalue weighted by Crippen LogP contribution is -2.12. The minimum absolute atomic E-state index is 0.802. The van der Waals surface area contributed by atoms with E-state index in [4.69, 9.17) is 0 Å². The average molecular weight is 271 g/mol. The molecule has 0 aliphatic carbocycles. The van der Waals surface area contributed by atoms with Gasteiger partial charge in [-0.25, -0.2) is 0 Å². The summed E-state index contributed by atoms with van der Waals surface area (Å²) in [6.45, 7) is 15.5. The fourth-order valence-electron chi connectivity index (χ4n) is 1.50. The zero-order valence-electron chi connectivity index (χ0n) is 13.2. The normalized spacial score (nSPS) is 10.8. The molecule has 0 aliphatic heterocycles. The van der Waals surface area contributed by atoms with Crippen molar-refractivity contribution in [1.29, 1.82) is 0 Å². The Morgan fingerprint density at radius 3 is 2.60 bits per heavy atom. The zero-order valence-corrected chi connectivity index (χ0v) is 13.2. The number of hydrazone groups is 1. The van der Waals surface area contributed by atoms with Crippen molar-refractivity contribution in [2.24, 2.45) is 5.10 Å². The molecule has 0 atom stereocenters. The van der Waals surface area contributed by atoms with Gasteiger partial charge in [-0.2, -0.15) is 5.10 Å². The number of rotatable bonds is 5. The maximum Gasteiger partial charge on any atom is 0.0669 e. The Hall–Kier alpha value is -2.16. The molecule has 20 heavy (non-hydrogen) atoms. The first-order chi connectivity index (χ1) is 9.56. The van der Waals surface area contributed by atoms with Crippen LogP contribution in [0.25, 0.3) is 0 Å². The molecule has 0 saturated carbocycles. The number of pyridine rings is 1. The van der Waals surface area contributed by atoms with Crippen LogP contribution in [0.3, 0.4) is 0 Å². The fourth-order valence-corrected chi connectivity index (χ4v) is 1.50. The lowest BCUT2D eigenvalue weighted by molar-refractivity contribution is 0.463. The van der Waals surface area contributed by atoms with Crippen LogP contribution in [0.15, 0.2) is 60.5 Å². The Morgan fingerprint density at radius 1 is 1.40 bits per heavy atom. The summed E-state index contributed by atoms with van der Waals surface area (Å²) in [5.74, 6) is 0. The largest absolute Gasteiger partial charge is 0.269 e. The molecule has 1 heterocycles. The van der Waals surface area contributed by atoms with Crippen molar-refractivity contribution in [3.8, 4) is 0 Å². The van der Waals surface area contributed by atoms with Crippen LogP contribution < -0.4 is 0 Å². The third-order valence-corrected chi connectivity index (χ3v) is 2.54. The molecule has 0 aliphatic rings. The third kappa shape index (κ3) is 5.65. The number of hydrogen-bond donors (Lipinski definition) is 0. The van der Waals surface area contributed by atoms with Crippen LogP contribution in [0, 0.1) is 6.92 Å². The second-order valence-corrected chi connectivity index (χ2v) is 3.93. The van der Waals surface area contributed by atoms with Gasteiger partial charge in [-0.1, -0.05) is 39.2 Å². The van der Waals surface area contributed by atoms with Gasteiger partial charge in [-0.15, -0.1) is 0 Å². The molecule has 0 bridgehead atoms. The van der Waals surface area contributed by atoms with Crippen molar-refractivity contribution in [2.75, 3.05) is 7.05 Å². The molecule has 108 valence electrons. The van der Waals surface area contributed by atoms with E-state index >= 15 is 0 Å². The number of aryl methyl sites for hydroxylation is 1. The summed E-state index contributed by atoms with van der Waals surface area (Å²) in [5, 5.41) is 6.22. The average Bonchev–Trinajstić information content (AvgIpc) is 2.47. The molecular formula is C17H25N3. The molecular weight excluding hydrogens is 246 g/mol. The highest BCUT2D eigenvalue weighted by molar-refractivity contribution is 5.99. The van der Waals surface area contributed by atoms with E-state index in [1.54, 1.807) is 17.3 Å². The van der Waals surface area contributed by atoms with Crippen molar-refractivity contribution in [3.63, 3.8) is 0 Å². The fraction of sp³-hybridized carbons (Fsp3) is 0.294. The van der Waals surface area contributed by atoms with Gasteiger partial charge < -0.3 is 0 Å². The predicted molar refractivity (Wildman–Crippen MR) is 88.8 cm³/mol. The van der Waals surface area contributed by atoms with E-state index in [2.05, 4.69) is 23.2 Å². The summed E-state index contributed by atoms with van der Waals surface area (Å²) in [6, 6.07) is 3.92. The molecule has 0 saturated heterocycles. The molecule has 1 aromatic heterocycles. The van der Waals surface area contributed by atoms with Gasteiger partial charge in [0.05, 0.1) is 11.4 Å². The van der Waals surface area contributed by atoms with Gasteiger partial charge in [0.15, 0.2) is 0 Å². The summed E-state index contributed by atoms with van der Waals surface area (Å²) in [7, 11) is 1.87. The Morgan fingerprint density at radius 2 is 2.05 bits per heavy atom. The first-order valence-electron chi connectivity index (χ1n) is 6.75. The van der Waals surface area contributed by atoms with Gasteiger partial charge in [-0.05, 0) is 32.1 Å². The molecule has 3 heteroatoms. The quantitative estimate of drug-likeness (QED) is 0.453. The van der Waals surface area contributed by atoms with Crippen molar-refractivity contribution in [3.05, 3.63) is 66.7 Å². The number of hydrogen-bond acceptors (Lipinski definition) is 3. The van der Waals surface area contributed by atoms with E-state index in [1.807, 2.05) is 59.0 Å². The van der Waals surface area contributed by atoms with Gasteiger partial charge in [-0.3, -0.25) is 9.99 Å². The van der Waals surface area contributed by atoms with Gasteiger partial charge in [0, 0.05) is 24.5 Å². The van der Waals surface area contributed by atoms with Crippen LogP contribution in [0.1, 0.15) is 32.0 Å². The van der Waals surface area contributed by atoms with E-state index in [-0.39, 0.29) is 0 Å². The molecule has 0 radical (unpaired) electrons. The standard InChI is InChI=1S/C15H19N3.C2H6/c1-6-7-9-12(2)18(5)17-14(4)15-10-8-11-16-13(15)3;1-2/h6-11H,1-2H2,3-5H3;1-2H3/b9-7-,17-14+;. The number of nitrogens with zero attached hydrogens (tertiary/aromatic N) is 3. The zero-order chi connectivity index (χ0) is 15.5. The monoisotopic (exact) mass is 271 g/mol. The summed E-state index contributed by atoms with van der Waals surface area (Å²) in [4.78, 5) is 4.25. The van der Waals surface area contributed by atoms with E-state index in [9.17, 15) is 0 Å². The van der Waals surface area contributed by atoms with E-state index < -0.39 is 0 Å². The summed E-state index contributed by atoms with van der Waals surface area (Å²) >= 11 is 0. The van der Waals surface area contributed by atoms with Crippen molar-refractivity contribution in [2.45, 2.75) is 27.7 Å². The van der Waals surface area contributed by atoms with Gasteiger partial charge in [0.1, 0.15) is 0 Å².